The molecule has 2 saturated heterocycles. The summed E-state index contributed by atoms with van der Waals surface area (Å²) in [4.78, 5) is 17.3. The van der Waals surface area contributed by atoms with Gasteiger partial charge in [0.05, 0.1) is 6.54 Å². The van der Waals surface area contributed by atoms with Gasteiger partial charge in [0.15, 0.2) is 0 Å². The Morgan fingerprint density at radius 1 is 1.26 bits per heavy atom. The molecule has 2 heterocycles. The molecule has 3 rings (SSSR count). The van der Waals surface area contributed by atoms with Crippen molar-refractivity contribution in [1.29, 1.82) is 0 Å². The average molecular weight is 439 g/mol. The molecule has 150 valence electrons. The number of nitrogens with zero attached hydrogens (tertiary/aromatic N) is 2. The van der Waals surface area contributed by atoms with Crippen molar-refractivity contribution in [3.8, 4) is 0 Å². The normalized spacial score (nSPS) is 18.6. The van der Waals surface area contributed by atoms with Crippen LogP contribution in [0.5, 0.6) is 0 Å². The standard InChI is InChI=1S/C21H31BrN2O3/c1-21(2,3)27-20(25)24(18-8-12-26-13-9-18)15-16-6-7-17(22)14-19(16)23-10-4-5-11-23/h6-7,14,18H,4-5,8-13,15H2,1-3H3. The topological polar surface area (TPSA) is 42.0 Å². The van der Waals surface area contributed by atoms with Gasteiger partial charge in [0, 0.05) is 42.5 Å². The largest absolute Gasteiger partial charge is 0.444 e. The molecule has 1 aromatic carbocycles. The zero-order chi connectivity index (χ0) is 19.4. The summed E-state index contributed by atoms with van der Waals surface area (Å²) in [5, 5.41) is 0. The molecular formula is C21H31BrN2O3. The van der Waals surface area contributed by atoms with Gasteiger partial charge in [-0.1, -0.05) is 22.0 Å². The lowest BCUT2D eigenvalue weighted by Crippen LogP contribution is -2.45. The van der Waals surface area contributed by atoms with Crippen LogP contribution in [0.4, 0.5) is 10.5 Å². The lowest BCUT2D eigenvalue weighted by molar-refractivity contribution is -0.00804. The Hall–Kier alpha value is -1.27. The van der Waals surface area contributed by atoms with Crippen molar-refractivity contribution in [1.82, 2.24) is 4.90 Å². The Kier molecular flexibility index (Phi) is 6.69. The molecule has 27 heavy (non-hydrogen) atoms. The Morgan fingerprint density at radius 2 is 1.93 bits per heavy atom. The number of amides is 1. The van der Waals surface area contributed by atoms with Crippen molar-refractivity contribution in [3.05, 3.63) is 28.2 Å². The predicted molar refractivity (Wildman–Crippen MR) is 111 cm³/mol. The first-order valence-corrected chi connectivity index (χ1v) is 10.7. The van der Waals surface area contributed by atoms with Gasteiger partial charge in [-0.3, -0.25) is 0 Å². The molecule has 0 unspecified atom stereocenters. The van der Waals surface area contributed by atoms with E-state index in [0.29, 0.717) is 19.8 Å². The summed E-state index contributed by atoms with van der Waals surface area (Å²) in [6, 6.07) is 6.53. The van der Waals surface area contributed by atoms with E-state index in [9.17, 15) is 4.79 Å². The van der Waals surface area contributed by atoms with E-state index in [1.807, 2.05) is 25.7 Å². The van der Waals surface area contributed by atoms with Gasteiger partial charge >= 0.3 is 6.09 Å². The summed E-state index contributed by atoms with van der Waals surface area (Å²) in [5.74, 6) is 0. The lowest BCUT2D eigenvalue weighted by atomic mass is 10.1. The van der Waals surface area contributed by atoms with Crippen LogP contribution in [0.25, 0.3) is 0 Å². The Balaban J connectivity index is 1.85. The van der Waals surface area contributed by atoms with Crippen LogP contribution in [0.1, 0.15) is 52.0 Å². The first kappa shape index (κ1) is 20.5. The van der Waals surface area contributed by atoms with Gasteiger partial charge in [-0.2, -0.15) is 0 Å². The number of carbonyl (C=O) groups is 1. The summed E-state index contributed by atoms with van der Waals surface area (Å²) < 4.78 is 12.3. The van der Waals surface area contributed by atoms with E-state index in [2.05, 4.69) is 39.0 Å². The van der Waals surface area contributed by atoms with Crippen LogP contribution >= 0.6 is 15.9 Å². The third kappa shape index (κ3) is 5.61. The van der Waals surface area contributed by atoms with Crippen molar-refractivity contribution >= 4 is 27.7 Å². The second-order valence-electron chi connectivity index (χ2n) is 8.42. The highest BCUT2D eigenvalue weighted by Crippen LogP contribution is 2.31. The van der Waals surface area contributed by atoms with Crippen LogP contribution in [0.3, 0.4) is 0 Å². The molecule has 0 atom stereocenters. The first-order valence-electron chi connectivity index (χ1n) is 9.94. The smallest absolute Gasteiger partial charge is 0.410 e. The molecule has 0 spiro atoms. The highest BCUT2D eigenvalue weighted by Gasteiger charge is 2.31. The molecular weight excluding hydrogens is 408 g/mol. The zero-order valence-corrected chi connectivity index (χ0v) is 18.3. The number of rotatable bonds is 4. The van der Waals surface area contributed by atoms with Gasteiger partial charge in [0.1, 0.15) is 5.60 Å². The third-order valence-corrected chi connectivity index (χ3v) is 5.59. The number of carbonyl (C=O) groups excluding carboxylic acids is 1. The summed E-state index contributed by atoms with van der Waals surface area (Å²) in [6.45, 7) is 9.87. The van der Waals surface area contributed by atoms with Crippen molar-refractivity contribution < 1.29 is 14.3 Å². The SMILES string of the molecule is CC(C)(C)OC(=O)N(Cc1ccc(Br)cc1N1CCCC1)C1CCOCC1. The monoisotopic (exact) mass is 438 g/mol. The van der Waals surface area contributed by atoms with Gasteiger partial charge in [0.25, 0.3) is 0 Å². The van der Waals surface area contributed by atoms with Gasteiger partial charge in [-0.05, 0) is 64.2 Å². The van der Waals surface area contributed by atoms with E-state index in [0.717, 1.165) is 30.4 Å². The van der Waals surface area contributed by atoms with Crippen LogP contribution in [0, 0.1) is 0 Å². The van der Waals surface area contributed by atoms with E-state index in [1.54, 1.807) is 0 Å². The molecule has 5 nitrogen and oxygen atoms in total. The second-order valence-corrected chi connectivity index (χ2v) is 9.33. The molecule has 0 radical (unpaired) electrons. The Morgan fingerprint density at radius 3 is 2.56 bits per heavy atom. The minimum atomic E-state index is -0.502. The highest BCUT2D eigenvalue weighted by molar-refractivity contribution is 9.10. The van der Waals surface area contributed by atoms with E-state index in [4.69, 9.17) is 9.47 Å². The Bertz CT molecular complexity index is 647. The van der Waals surface area contributed by atoms with Crippen molar-refractivity contribution in [2.75, 3.05) is 31.2 Å². The third-order valence-electron chi connectivity index (χ3n) is 5.09. The molecule has 0 aliphatic carbocycles. The van der Waals surface area contributed by atoms with Gasteiger partial charge in [0.2, 0.25) is 0 Å². The first-order chi connectivity index (χ1) is 12.8. The molecule has 1 aromatic rings. The fraction of sp³-hybridized carbons (Fsp3) is 0.667. The summed E-state index contributed by atoms with van der Waals surface area (Å²) in [7, 11) is 0. The molecule has 2 fully saturated rings. The fourth-order valence-corrected chi connectivity index (χ4v) is 4.12. The predicted octanol–water partition coefficient (Wildman–Crippen LogP) is 4.97. The lowest BCUT2D eigenvalue weighted by Gasteiger charge is -2.36. The summed E-state index contributed by atoms with van der Waals surface area (Å²) >= 11 is 3.61. The Labute approximate surface area is 171 Å². The maximum Gasteiger partial charge on any atom is 0.410 e. The highest BCUT2D eigenvalue weighted by atomic mass is 79.9. The van der Waals surface area contributed by atoms with Crippen LogP contribution in [0.15, 0.2) is 22.7 Å². The van der Waals surface area contributed by atoms with Crippen LogP contribution in [-0.4, -0.2) is 48.9 Å². The van der Waals surface area contributed by atoms with Gasteiger partial charge < -0.3 is 19.3 Å². The minimum Gasteiger partial charge on any atom is -0.444 e. The van der Waals surface area contributed by atoms with E-state index in [-0.39, 0.29) is 12.1 Å². The molecule has 1 amide bonds. The number of hydrogen-bond donors (Lipinski definition) is 0. The quantitative estimate of drug-likeness (QED) is 0.665. The summed E-state index contributed by atoms with van der Waals surface area (Å²) in [5.41, 5.74) is 1.90. The molecule has 0 aromatic heterocycles. The number of hydrogen-bond acceptors (Lipinski definition) is 4. The minimum absolute atomic E-state index is 0.156. The van der Waals surface area contributed by atoms with Crippen LogP contribution in [-0.2, 0) is 16.0 Å². The fourth-order valence-electron chi connectivity index (χ4n) is 3.77. The molecule has 6 heteroatoms. The zero-order valence-electron chi connectivity index (χ0n) is 16.7. The van der Waals surface area contributed by atoms with Crippen LogP contribution in [0.2, 0.25) is 0 Å². The van der Waals surface area contributed by atoms with Crippen LogP contribution < -0.4 is 4.90 Å². The number of ether oxygens (including phenoxy) is 2. The average Bonchev–Trinajstić information content (AvgIpc) is 3.14. The second kappa shape index (κ2) is 8.82. The number of anilines is 1. The summed E-state index contributed by atoms with van der Waals surface area (Å²) in [6.07, 6.45) is 3.93. The molecule has 2 aliphatic rings. The van der Waals surface area contributed by atoms with Crippen molar-refractivity contribution in [2.24, 2.45) is 0 Å². The number of halogens is 1. The maximum absolute atomic E-state index is 13.0. The molecule has 0 N–H and O–H groups in total. The van der Waals surface area contributed by atoms with Crippen molar-refractivity contribution in [2.45, 2.75) is 64.6 Å². The van der Waals surface area contributed by atoms with E-state index in [1.165, 1.54) is 24.1 Å². The molecule has 0 bridgehead atoms. The number of benzene rings is 1. The molecule has 0 saturated carbocycles. The van der Waals surface area contributed by atoms with Gasteiger partial charge in [-0.15, -0.1) is 0 Å². The van der Waals surface area contributed by atoms with E-state index < -0.39 is 5.60 Å². The molecule has 2 aliphatic heterocycles. The maximum atomic E-state index is 13.0. The van der Waals surface area contributed by atoms with Gasteiger partial charge in [-0.25, -0.2) is 4.79 Å². The van der Waals surface area contributed by atoms with E-state index >= 15 is 0 Å². The van der Waals surface area contributed by atoms with Crippen molar-refractivity contribution in [3.63, 3.8) is 0 Å².